The minimum atomic E-state index is -3.54. The molecule has 1 heterocycles. The molecule has 9 heteroatoms. The molecular formula is C16H18ClN3O3S2. The molecule has 25 heavy (non-hydrogen) atoms. The monoisotopic (exact) mass is 399 g/mol. The lowest BCUT2D eigenvalue weighted by atomic mass is 10.0. The Kier molecular flexibility index (Phi) is 4.87. The topological polar surface area (TPSA) is 91.9 Å². The SMILES string of the molecule is CC(C)S(=O)(=O)C1=CC=C(C(=O)Nc2cc(C3CC3)[nH]n2)C(=S)C1Cl. The lowest BCUT2D eigenvalue weighted by Crippen LogP contribution is -2.32. The minimum Gasteiger partial charge on any atom is -0.305 e. The van der Waals surface area contributed by atoms with Crippen LogP contribution in [-0.2, 0) is 14.6 Å². The van der Waals surface area contributed by atoms with Crippen molar-refractivity contribution < 1.29 is 13.2 Å². The summed E-state index contributed by atoms with van der Waals surface area (Å²) >= 11 is 11.5. The van der Waals surface area contributed by atoms with Gasteiger partial charge in [-0.2, -0.15) is 5.10 Å². The van der Waals surface area contributed by atoms with Gasteiger partial charge in [0.15, 0.2) is 15.7 Å². The van der Waals surface area contributed by atoms with Gasteiger partial charge in [-0.1, -0.05) is 12.2 Å². The number of aromatic nitrogens is 2. The lowest BCUT2D eigenvalue weighted by Gasteiger charge is -2.22. The van der Waals surface area contributed by atoms with E-state index in [1.165, 1.54) is 12.2 Å². The number of nitrogens with zero attached hydrogens (tertiary/aromatic N) is 1. The van der Waals surface area contributed by atoms with Crippen LogP contribution >= 0.6 is 23.8 Å². The lowest BCUT2D eigenvalue weighted by molar-refractivity contribution is -0.112. The predicted molar refractivity (Wildman–Crippen MR) is 102 cm³/mol. The number of halogens is 1. The molecular weight excluding hydrogens is 382 g/mol. The average molecular weight is 400 g/mol. The molecule has 0 aliphatic heterocycles. The van der Waals surface area contributed by atoms with Crippen LogP contribution in [0.25, 0.3) is 0 Å². The Hall–Kier alpha value is -1.51. The molecule has 0 saturated heterocycles. The van der Waals surface area contributed by atoms with Crippen LogP contribution in [0.5, 0.6) is 0 Å². The van der Waals surface area contributed by atoms with Gasteiger partial charge in [0, 0.05) is 17.7 Å². The van der Waals surface area contributed by atoms with E-state index in [9.17, 15) is 13.2 Å². The maximum absolute atomic E-state index is 12.5. The first kappa shape index (κ1) is 18.3. The van der Waals surface area contributed by atoms with Crippen molar-refractivity contribution in [2.45, 2.75) is 43.2 Å². The zero-order chi connectivity index (χ0) is 18.4. The number of thiocarbonyl (C=S) groups is 1. The van der Waals surface area contributed by atoms with Crippen LogP contribution in [0, 0.1) is 0 Å². The smallest absolute Gasteiger partial charge is 0.258 e. The van der Waals surface area contributed by atoms with Gasteiger partial charge in [0.2, 0.25) is 0 Å². The number of allylic oxidation sites excluding steroid dienone is 3. The molecule has 0 bridgehead atoms. The third-order valence-electron chi connectivity index (χ3n) is 4.21. The van der Waals surface area contributed by atoms with Gasteiger partial charge in [-0.25, -0.2) is 8.42 Å². The van der Waals surface area contributed by atoms with Crippen LogP contribution < -0.4 is 5.32 Å². The second-order valence-electron chi connectivity index (χ2n) is 6.41. The van der Waals surface area contributed by atoms with Crippen LogP contribution in [0.4, 0.5) is 5.82 Å². The second-order valence-corrected chi connectivity index (χ2v) is 9.79. The Morgan fingerprint density at radius 3 is 2.68 bits per heavy atom. The fourth-order valence-corrected chi connectivity index (χ4v) is 4.62. The van der Waals surface area contributed by atoms with Gasteiger partial charge >= 0.3 is 0 Å². The van der Waals surface area contributed by atoms with Crippen molar-refractivity contribution in [3.8, 4) is 0 Å². The molecule has 134 valence electrons. The van der Waals surface area contributed by atoms with Crippen LogP contribution in [0.15, 0.2) is 28.7 Å². The fourth-order valence-electron chi connectivity index (χ4n) is 2.48. The molecule has 1 aromatic rings. The van der Waals surface area contributed by atoms with E-state index in [1.54, 1.807) is 19.9 Å². The van der Waals surface area contributed by atoms with E-state index in [2.05, 4.69) is 15.5 Å². The molecule has 0 radical (unpaired) electrons. The summed E-state index contributed by atoms with van der Waals surface area (Å²) in [6.45, 7) is 3.15. The third-order valence-corrected chi connectivity index (χ3v) is 7.65. The zero-order valence-electron chi connectivity index (χ0n) is 13.7. The molecule has 2 aliphatic carbocycles. The number of aromatic amines is 1. The van der Waals surface area contributed by atoms with Crippen molar-refractivity contribution >= 4 is 50.2 Å². The highest BCUT2D eigenvalue weighted by atomic mass is 35.5. The largest absolute Gasteiger partial charge is 0.305 e. The van der Waals surface area contributed by atoms with Crippen molar-refractivity contribution in [2.24, 2.45) is 0 Å². The molecule has 1 atom stereocenters. The normalized spacial score (nSPS) is 21.1. The van der Waals surface area contributed by atoms with Gasteiger partial charge in [0.1, 0.15) is 5.38 Å². The Balaban J connectivity index is 1.81. The van der Waals surface area contributed by atoms with Gasteiger partial charge in [-0.15, -0.1) is 11.6 Å². The first-order chi connectivity index (χ1) is 11.7. The van der Waals surface area contributed by atoms with Gasteiger partial charge in [0.05, 0.1) is 20.6 Å². The Morgan fingerprint density at radius 2 is 2.08 bits per heavy atom. The van der Waals surface area contributed by atoms with Crippen molar-refractivity contribution in [2.75, 3.05) is 5.32 Å². The van der Waals surface area contributed by atoms with Crippen LogP contribution in [-0.4, -0.2) is 40.0 Å². The molecule has 0 aromatic carbocycles. The van der Waals surface area contributed by atoms with Gasteiger partial charge < -0.3 is 5.32 Å². The number of anilines is 1. The first-order valence-electron chi connectivity index (χ1n) is 7.92. The summed E-state index contributed by atoms with van der Waals surface area (Å²) in [7, 11) is -3.54. The predicted octanol–water partition coefficient (Wildman–Crippen LogP) is 2.85. The molecule has 1 saturated carbocycles. The highest BCUT2D eigenvalue weighted by molar-refractivity contribution is 7.96. The number of hydrogen-bond donors (Lipinski definition) is 2. The average Bonchev–Trinajstić information content (AvgIpc) is 3.29. The van der Waals surface area contributed by atoms with Crippen molar-refractivity contribution in [3.05, 3.63) is 34.4 Å². The van der Waals surface area contributed by atoms with E-state index < -0.39 is 26.4 Å². The van der Waals surface area contributed by atoms with Crippen molar-refractivity contribution in [1.82, 2.24) is 10.2 Å². The van der Waals surface area contributed by atoms with Crippen LogP contribution in [0.1, 0.15) is 38.3 Å². The Morgan fingerprint density at radius 1 is 1.40 bits per heavy atom. The maximum Gasteiger partial charge on any atom is 0.258 e. The van der Waals surface area contributed by atoms with Crippen LogP contribution in [0.3, 0.4) is 0 Å². The number of sulfone groups is 1. The van der Waals surface area contributed by atoms with Crippen molar-refractivity contribution in [3.63, 3.8) is 0 Å². The summed E-state index contributed by atoms with van der Waals surface area (Å²) in [5.74, 6) is 0.445. The molecule has 2 aliphatic rings. The van der Waals surface area contributed by atoms with E-state index in [1.807, 2.05) is 0 Å². The number of alkyl halides is 1. The number of amides is 1. The minimum absolute atomic E-state index is 0.0292. The second kappa shape index (κ2) is 6.66. The van der Waals surface area contributed by atoms with E-state index in [0.29, 0.717) is 11.7 Å². The van der Waals surface area contributed by atoms with E-state index >= 15 is 0 Å². The molecule has 1 fully saturated rings. The number of rotatable bonds is 5. The molecule has 1 amide bonds. The standard InChI is InChI=1S/C16H18ClN3O3S2/c1-8(2)25(22,23)12-6-5-10(15(24)14(12)17)16(21)18-13-7-11(19-20-13)9-3-4-9/h5-9,14H,3-4H2,1-2H3,(H2,18,19,20,21). The fraction of sp³-hybridized carbons (Fsp3) is 0.438. The van der Waals surface area contributed by atoms with Crippen molar-refractivity contribution in [1.29, 1.82) is 0 Å². The zero-order valence-corrected chi connectivity index (χ0v) is 16.1. The summed E-state index contributed by atoms with van der Waals surface area (Å²) in [6, 6.07) is 1.80. The number of H-pyrrole nitrogens is 1. The molecule has 1 aromatic heterocycles. The molecule has 6 nitrogen and oxygen atoms in total. The van der Waals surface area contributed by atoms with E-state index in [4.69, 9.17) is 23.8 Å². The first-order valence-corrected chi connectivity index (χ1v) is 10.3. The maximum atomic E-state index is 12.5. The molecule has 2 N–H and O–H groups in total. The van der Waals surface area contributed by atoms with Gasteiger partial charge in [-0.3, -0.25) is 9.89 Å². The number of carbonyl (C=O) groups excluding carboxylic acids is 1. The summed E-state index contributed by atoms with van der Waals surface area (Å²) < 4.78 is 24.7. The molecule has 0 spiro atoms. The van der Waals surface area contributed by atoms with Gasteiger partial charge in [-0.05, 0) is 38.8 Å². The highest BCUT2D eigenvalue weighted by Crippen LogP contribution is 2.39. The number of hydrogen-bond acceptors (Lipinski definition) is 5. The number of nitrogens with one attached hydrogen (secondary N) is 2. The Labute approximate surface area is 156 Å². The van der Waals surface area contributed by atoms with Crippen LogP contribution in [0.2, 0.25) is 0 Å². The third kappa shape index (κ3) is 3.56. The highest BCUT2D eigenvalue weighted by Gasteiger charge is 2.35. The Bertz CT molecular complexity index is 895. The summed E-state index contributed by atoms with van der Waals surface area (Å²) in [5.41, 5.74) is 1.17. The van der Waals surface area contributed by atoms with E-state index in [-0.39, 0.29) is 15.3 Å². The molecule has 3 rings (SSSR count). The quantitative estimate of drug-likeness (QED) is 0.586. The summed E-state index contributed by atoms with van der Waals surface area (Å²) in [6.07, 6.45) is 5.01. The number of carbonyl (C=O) groups is 1. The summed E-state index contributed by atoms with van der Waals surface area (Å²) in [5, 5.41) is 7.98. The molecule has 1 unspecified atom stereocenters. The van der Waals surface area contributed by atoms with Gasteiger partial charge in [0.25, 0.3) is 5.91 Å². The summed E-state index contributed by atoms with van der Waals surface area (Å²) in [4.78, 5) is 12.6. The van der Waals surface area contributed by atoms with E-state index in [0.717, 1.165) is 18.5 Å².